The van der Waals surface area contributed by atoms with Crippen LogP contribution in [0.15, 0.2) is 51.9 Å². The lowest BCUT2D eigenvalue weighted by atomic mass is 9.98. The zero-order chi connectivity index (χ0) is 22.4. The van der Waals surface area contributed by atoms with Gasteiger partial charge in [-0.1, -0.05) is 23.7 Å². The van der Waals surface area contributed by atoms with Crippen molar-refractivity contribution in [2.24, 2.45) is 13.0 Å². The van der Waals surface area contributed by atoms with Crippen molar-refractivity contribution in [3.63, 3.8) is 0 Å². The maximum absolute atomic E-state index is 15.1. The number of halogens is 2. The van der Waals surface area contributed by atoms with E-state index < -0.39 is 5.82 Å². The zero-order valence-corrected chi connectivity index (χ0v) is 18.6. The normalized spacial score (nSPS) is 14.9. The first-order valence-corrected chi connectivity index (χ1v) is 11.0. The van der Waals surface area contributed by atoms with Crippen LogP contribution in [0.25, 0.3) is 33.7 Å². The molecule has 0 atom stereocenters. The molecule has 4 aromatic rings. The molecule has 5 rings (SSSR count). The number of hydrogen-bond donors (Lipinski definition) is 0. The molecule has 0 unspecified atom stereocenters. The van der Waals surface area contributed by atoms with Crippen LogP contribution in [0.3, 0.4) is 0 Å². The van der Waals surface area contributed by atoms with E-state index in [0.29, 0.717) is 33.5 Å². The average molecular weight is 453 g/mol. The molecule has 0 saturated carbocycles. The van der Waals surface area contributed by atoms with E-state index in [2.05, 4.69) is 22.0 Å². The summed E-state index contributed by atoms with van der Waals surface area (Å²) in [5.74, 6) is 0.689. The van der Waals surface area contributed by atoms with E-state index in [-0.39, 0.29) is 22.3 Å². The van der Waals surface area contributed by atoms with Gasteiger partial charge >= 0.3 is 0 Å². The molecule has 0 radical (unpaired) electrons. The fourth-order valence-corrected chi connectivity index (χ4v) is 4.31. The molecular formula is C24H22ClFN4O2. The third-order valence-electron chi connectivity index (χ3n) is 6.14. The van der Waals surface area contributed by atoms with Crippen LogP contribution >= 0.6 is 11.6 Å². The predicted octanol–water partition coefficient (Wildman–Crippen LogP) is 5.28. The first-order chi connectivity index (χ1) is 15.4. The van der Waals surface area contributed by atoms with E-state index in [1.54, 1.807) is 41.1 Å². The molecule has 6 nitrogen and oxygen atoms in total. The lowest BCUT2D eigenvalue weighted by Gasteiger charge is -2.32. The van der Waals surface area contributed by atoms with Crippen LogP contribution in [0, 0.1) is 11.7 Å². The number of hydrogen-bond acceptors (Lipinski definition) is 5. The van der Waals surface area contributed by atoms with Gasteiger partial charge in [0.1, 0.15) is 11.4 Å². The quantitative estimate of drug-likeness (QED) is 0.423. The van der Waals surface area contributed by atoms with E-state index in [0.717, 1.165) is 25.9 Å². The summed E-state index contributed by atoms with van der Waals surface area (Å²) in [6.45, 7) is 3.84. The highest BCUT2D eigenvalue weighted by molar-refractivity contribution is 6.30. The Hall–Kier alpha value is -3.19. The van der Waals surface area contributed by atoms with Crippen molar-refractivity contribution in [1.82, 2.24) is 14.7 Å². The summed E-state index contributed by atoms with van der Waals surface area (Å²) >= 11 is 5.93. The van der Waals surface area contributed by atoms with Gasteiger partial charge in [-0.15, -0.1) is 0 Å². The van der Waals surface area contributed by atoms with Gasteiger partial charge in [0.25, 0.3) is 5.89 Å². The molecule has 0 aliphatic carbocycles. The highest BCUT2D eigenvalue weighted by Crippen LogP contribution is 2.30. The monoisotopic (exact) mass is 452 g/mol. The molecule has 1 aliphatic heterocycles. The number of fused-ring (bicyclic) bond motifs is 1. The number of anilines is 1. The Balaban J connectivity index is 1.56. The number of benzene rings is 2. The van der Waals surface area contributed by atoms with Crippen LogP contribution in [-0.4, -0.2) is 27.8 Å². The number of aryl methyl sites for hydroxylation is 1. The van der Waals surface area contributed by atoms with Crippen LogP contribution < -0.4 is 10.3 Å². The summed E-state index contributed by atoms with van der Waals surface area (Å²) in [5.41, 5.74) is 1.79. The maximum Gasteiger partial charge on any atom is 0.263 e. The topological polar surface area (TPSA) is 64.2 Å². The fourth-order valence-electron chi connectivity index (χ4n) is 4.18. The van der Waals surface area contributed by atoms with E-state index in [9.17, 15) is 4.79 Å². The molecular weight excluding hydrogens is 431 g/mol. The third-order valence-corrected chi connectivity index (χ3v) is 6.39. The summed E-state index contributed by atoms with van der Waals surface area (Å²) in [6.07, 6.45) is 3.72. The second kappa shape index (κ2) is 8.06. The standard InChI is InChI=1S/C24H22ClFN4O2/c1-14-7-9-30(10-8-14)21-12-20-17(11-19(21)26)22(31)18(13-29(20)2)24-27-23(28-32-24)15-3-5-16(25)6-4-15/h3-6,11-14H,7-10H2,1-2H3. The molecule has 1 saturated heterocycles. The average Bonchev–Trinajstić information content (AvgIpc) is 3.27. The van der Waals surface area contributed by atoms with E-state index >= 15 is 4.39 Å². The van der Waals surface area contributed by atoms with Gasteiger partial charge < -0.3 is 14.0 Å². The first kappa shape index (κ1) is 20.7. The van der Waals surface area contributed by atoms with Crippen LogP contribution in [0.4, 0.5) is 10.1 Å². The van der Waals surface area contributed by atoms with E-state index in [4.69, 9.17) is 16.1 Å². The fraction of sp³-hybridized carbons (Fsp3) is 0.292. The Morgan fingerprint density at radius 1 is 1.16 bits per heavy atom. The van der Waals surface area contributed by atoms with Gasteiger partial charge in [-0.2, -0.15) is 4.98 Å². The lowest BCUT2D eigenvalue weighted by molar-refractivity contribution is 0.432. The van der Waals surface area contributed by atoms with Gasteiger partial charge in [0.05, 0.1) is 11.2 Å². The third kappa shape index (κ3) is 3.66. The SMILES string of the molecule is CC1CCN(c2cc3c(cc2F)c(=O)c(-c2nc(-c4ccc(Cl)cc4)no2)cn3C)CC1. The van der Waals surface area contributed by atoms with Gasteiger partial charge in [0.2, 0.25) is 11.3 Å². The molecule has 1 fully saturated rings. The van der Waals surface area contributed by atoms with Crippen molar-refractivity contribution in [2.45, 2.75) is 19.8 Å². The minimum atomic E-state index is -0.395. The Labute approximate surface area is 189 Å². The van der Waals surface area contributed by atoms with Crippen LogP contribution in [-0.2, 0) is 7.05 Å². The Kier molecular flexibility index (Phi) is 5.21. The molecule has 2 aromatic carbocycles. The number of aromatic nitrogens is 3. The van der Waals surface area contributed by atoms with E-state index in [1.807, 2.05) is 7.05 Å². The Morgan fingerprint density at radius 2 is 1.88 bits per heavy atom. The molecule has 164 valence electrons. The summed E-state index contributed by atoms with van der Waals surface area (Å²) in [6, 6.07) is 10.1. The van der Waals surface area contributed by atoms with Crippen molar-refractivity contribution < 1.29 is 8.91 Å². The highest BCUT2D eigenvalue weighted by Gasteiger charge is 2.22. The van der Waals surface area contributed by atoms with Crippen LogP contribution in [0.1, 0.15) is 19.8 Å². The van der Waals surface area contributed by atoms with Crippen molar-refractivity contribution >= 4 is 28.2 Å². The van der Waals surface area contributed by atoms with Gasteiger partial charge in [-0.05, 0) is 55.2 Å². The summed E-state index contributed by atoms with van der Waals surface area (Å²) in [4.78, 5) is 19.6. The smallest absolute Gasteiger partial charge is 0.263 e. The molecule has 1 aliphatic rings. The molecule has 32 heavy (non-hydrogen) atoms. The summed E-state index contributed by atoms with van der Waals surface area (Å²) in [7, 11) is 1.82. The second-order valence-corrected chi connectivity index (χ2v) is 8.84. The number of piperidine rings is 1. The van der Waals surface area contributed by atoms with Gasteiger partial charge in [-0.3, -0.25) is 4.79 Å². The van der Waals surface area contributed by atoms with Crippen molar-refractivity contribution in [3.8, 4) is 22.8 Å². The van der Waals surface area contributed by atoms with Crippen molar-refractivity contribution in [2.75, 3.05) is 18.0 Å². The Morgan fingerprint density at radius 3 is 2.59 bits per heavy atom. The molecule has 0 amide bonds. The van der Waals surface area contributed by atoms with Crippen molar-refractivity contribution in [3.05, 3.63) is 63.7 Å². The zero-order valence-electron chi connectivity index (χ0n) is 17.8. The molecule has 0 bridgehead atoms. The largest absolute Gasteiger partial charge is 0.369 e. The molecule has 3 heterocycles. The number of pyridine rings is 1. The van der Waals surface area contributed by atoms with Crippen LogP contribution in [0.5, 0.6) is 0 Å². The Bertz CT molecular complexity index is 1360. The molecule has 0 spiro atoms. The van der Waals surface area contributed by atoms with Crippen LogP contribution in [0.2, 0.25) is 5.02 Å². The molecule has 2 aromatic heterocycles. The minimum Gasteiger partial charge on any atom is -0.369 e. The first-order valence-electron chi connectivity index (χ1n) is 10.6. The highest BCUT2D eigenvalue weighted by atomic mass is 35.5. The predicted molar refractivity (Wildman–Crippen MR) is 123 cm³/mol. The summed E-state index contributed by atoms with van der Waals surface area (Å²) < 4.78 is 22.2. The maximum atomic E-state index is 15.1. The van der Waals surface area contributed by atoms with E-state index in [1.165, 1.54) is 6.07 Å². The summed E-state index contributed by atoms with van der Waals surface area (Å²) in [5, 5.41) is 4.86. The van der Waals surface area contributed by atoms with Gasteiger partial charge in [0.15, 0.2) is 0 Å². The second-order valence-electron chi connectivity index (χ2n) is 8.40. The molecule has 8 heteroatoms. The lowest BCUT2D eigenvalue weighted by Crippen LogP contribution is -2.33. The molecule has 0 N–H and O–H groups in total. The minimum absolute atomic E-state index is 0.0898. The number of rotatable bonds is 3. The van der Waals surface area contributed by atoms with Gasteiger partial charge in [0, 0.05) is 42.3 Å². The van der Waals surface area contributed by atoms with Crippen molar-refractivity contribution in [1.29, 1.82) is 0 Å². The number of nitrogens with zero attached hydrogens (tertiary/aromatic N) is 4. The van der Waals surface area contributed by atoms with Gasteiger partial charge in [-0.25, -0.2) is 4.39 Å².